The summed E-state index contributed by atoms with van der Waals surface area (Å²) >= 11 is 0. The summed E-state index contributed by atoms with van der Waals surface area (Å²) in [7, 11) is 0. The van der Waals surface area contributed by atoms with Crippen LogP contribution in [0.4, 0.5) is 26.3 Å². The summed E-state index contributed by atoms with van der Waals surface area (Å²) in [5.74, 6) is -2.80. The van der Waals surface area contributed by atoms with Gasteiger partial charge in [0, 0.05) is 36.2 Å². The minimum absolute atomic E-state index is 0.0622. The van der Waals surface area contributed by atoms with Gasteiger partial charge in [-0.2, -0.15) is 18.3 Å². The van der Waals surface area contributed by atoms with E-state index in [2.05, 4.69) is 24.9 Å². The number of halogens is 6. The summed E-state index contributed by atoms with van der Waals surface area (Å²) < 4.78 is 84.3. The number of carbonyl (C=O) groups excluding carboxylic acids is 1. The number of fused-ring (bicyclic) bond motifs is 1. The molecule has 2 aromatic heterocycles. The smallest absolute Gasteiger partial charge is 0.454 e. The van der Waals surface area contributed by atoms with Gasteiger partial charge in [0.25, 0.3) is 0 Å². The van der Waals surface area contributed by atoms with Crippen LogP contribution in [0.5, 0.6) is 5.75 Å². The zero-order chi connectivity index (χ0) is 23.1. The maximum Gasteiger partial charge on any atom is 0.573 e. The molecule has 4 rings (SSSR count). The maximum atomic E-state index is 12.5. The third kappa shape index (κ3) is 4.47. The minimum atomic E-state index is -5.13. The number of benzene rings is 1. The average Bonchev–Trinajstić information content (AvgIpc) is 3.03. The molecule has 0 amide bonds. The SMILES string of the molecule is O=C(OCc1ccnc2c1c(C1CNC1)nn2-c1ccc(OC(F)(F)F)cc1)C(F)(F)F. The van der Waals surface area contributed by atoms with E-state index < -0.39 is 30.9 Å². The van der Waals surface area contributed by atoms with Gasteiger partial charge in [0.15, 0.2) is 5.65 Å². The van der Waals surface area contributed by atoms with Gasteiger partial charge in [-0.3, -0.25) is 0 Å². The molecular weight excluding hydrogens is 446 g/mol. The third-order valence-electron chi connectivity index (χ3n) is 4.76. The van der Waals surface area contributed by atoms with Crippen LogP contribution in [0.15, 0.2) is 36.5 Å². The highest BCUT2D eigenvalue weighted by Crippen LogP contribution is 2.32. The van der Waals surface area contributed by atoms with Gasteiger partial charge in [-0.15, -0.1) is 13.2 Å². The number of nitrogens with one attached hydrogen (secondary N) is 1. The Morgan fingerprint density at radius 1 is 1.09 bits per heavy atom. The fourth-order valence-electron chi connectivity index (χ4n) is 3.22. The van der Waals surface area contributed by atoms with Gasteiger partial charge >= 0.3 is 18.5 Å². The van der Waals surface area contributed by atoms with E-state index in [4.69, 9.17) is 0 Å². The van der Waals surface area contributed by atoms with E-state index in [0.717, 1.165) is 12.1 Å². The molecule has 1 aliphatic heterocycles. The molecule has 13 heteroatoms. The Bertz CT molecular complexity index is 1140. The third-order valence-corrected chi connectivity index (χ3v) is 4.76. The van der Waals surface area contributed by atoms with Gasteiger partial charge in [0.2, 0.25) is 0 Å². The van der Waals surface area contributed by atoms with E-state index in [1.54, 1.807) is 0 Å². The first kappa shape index (κ1) is 21.9. The zero-order valence-corrected chi connectivity index (χ0v) is 16.0. The number of aromatic nitrogens is 3. The molecule has 1 N–H and O–H groups in total. The first-order valence-electron chi connectivity index (χ1n) is 9.20. The van der Waals surface area contributed by atoms with Gasteiger partial charge in [0.05, 0.1) is 11.4 Å². The van der Waals surface area contributed by atoms with Crippen molar-refractivity contribution >= 4 is 17.0 Å². The summed E-state index contributed by atoms with van der Waals surface area (Å²) in [5.41, 5.74) is 1.43. The van der Waals surface area contributed by atoms with E-state index in [1.165, 1.54) is 29.1 Å². The van der Waals surface area contributed by atoms with Crippen molar-refractivity contribution in [1.29, 1.82) is 0 Å². The van der Waals surface area contributed by atoms with Crippen molar-refractivity contribution in [2.45, 2.75) is 25.1 Å². The molecule has 170 valence electrons. The van der Waals surface area contributed by atoms with Crippen LogP contribution in [0.25, 0.3) is 16.7 Å². The molecule has 0 bridgehead atoms. The van der Waals surface area contributed by atoms with Gasteiger partial charge < -0.3 is 14.8 Å². The molecule has 0 spiro atoms. The molecule has 3 aromatic rings. The standard InChI is InChI=1S/C19H14F6N4O3/c20-18(21,22)17(30)31-9-10-5-6-27-16-14(10)15(11-7-26-8-11)28-29(16)12-1-3-13(4-2-12)32-19(23,24)25/h1-6,11,26H,7-9H2. The molecule has 1 aliphatic rings. The first-order valence-corrected chi connectivity index (χ1v) is 9.20. The first-order chi connectivity index (χ1) is 15.0. The average molecular weight is 460 g/mol. The number of rotatable bonds is 5. The number of alkyl halides is 6. The molecule has 3 heterocycles. The molecule has 1 aromatic carbocycles. The molecule has 32 heavy (non-hydrogen) atoms. The lowest BCUT2D eigenvalue weighted by molar-refractivity contribution is -0.274. The van der Waals surface area contributed by atoms with Crippen LogP contribution < -0.4 is 10.1 Å². The fourth-order valence-corrected chi connectivity index (χ4v) is 3.22. The normalized spacial score (nSPS) is 14.9. The molecular formula is C19H14F6N4O3. The molecule has 0 aliphatic carbocycles. The Morgan fingerprint density at radius 3 is 2.34 bits per heavy atom. The van der Waals surface area contributed by atoms with Crippen LogP contribution in [-0.2, 0) is 16.1 Å². The number of ether oxygens (including phenoxy) is 2. The molecule has 0 saturated carbocycles. The Balaban J connectivity index is 1.72. The van der Waals surface area contributed by atoms with E-state index in [9.17, 15) is 31.1 Å². The van der Waals surface area contributed by atoms with Crippen molar-refractivity contribution in [2.24, 2.45) is 0 Å². The van der Waals surface area contributed by atoms with E-state index in [1.807, 2.05) is 0 Å². The number of carbonyl (C=O) groups is 1. The maximum absolute atomic E-state index is 12.5. The Kier molecular flexibility index (Phi) is 5.44. The quantitative estimate of drug-likeness (QED) is 0.463. The zero-order valence-electron chi connectivity index (χ0n) is 16.0. The lowest BCUT2D eigenvalue weighted by atomic mass is 9.95. The van der Waals surface area contributed by atoms with Crippen molar-refractivity contribution in [3.8, 4) is 11.4 Å². The topological polar surface area (TPSA) is 78.3 Å². The van der Waals surface area contributed by atoms with Crippen LogP contribution in [-0.4, -0.2) is 46.4 Å². The van der Waals surface area contributed by atoms with E-state index in [-0.39, 0.29) is 17.1 Å². The Labute approximate surface area is 175 Å². The Morgan fingerprint density at radius 2 is 1.78 bits per heavy atom. The molecule has 1 saturated heterocycles. The highest BCUT2D eigenvalue weighted by atomic mass is 19.4. The van der Waals surface area contributed by atoms with Crippen molar-refractivity contribution in [3.63, 3.8) is 0 Å². The summed E-state index contributed by atoms with van der Waals surface area (Å²) in [4.78, 5) is 15.4. The van der Waals surface area contributed by atoms with Crippen molar-refractivity contribution in [1.82, 2.24) is 20.1 Å². The van der Waals surface area contributed by atoms with Crippen molar-refractivity contribution < 1.29 is 40.6 Å². The van der Waals surface area contributed by atoms with Crippen molar-refractivity contribution in [2.75, 3.05) is 13.1 Å². The van der Waals surface area contributed by atoms with Crippen LogP contribution in [0, 0.1) is 0 Å². The molecule has 0 radical (unpaired) electrons. The molecule has 0 unspecified atom stereocenters. The minimum Gasteiger partial charge on any atom is -0.454 e. The van der Waals surface area contributed by atoms with Gasteiger partial charge in [-0.1, -0.05) is 0 Å². The number of esters is 1. The lowest BCUT2D eigenvalue weighted by Crippen LogP contribution is -2.40. The van der Waals surface area contributed by atoms with Gasteiger partial charge in [-0.25, -0.2) is 14.5 Å². The second-order valence-corrected chi connectivity index (χ2v) is 6.94. The van der Waals surface area contributed by atoms with E-state index in [0.29, 0.717) is 29.9 Å². The fraction of sp³-hybridized carbons (Fsp3) is 0.316. The van der Waals surface area contributed by atoms with Crippen LogP contribution in [0.1, 0.15) is 17.2 Å². The Hall–Kier alpha value is -3.35. The number of nitrogens with zero attached hydrogens (tertiary/aromatic N) is 3. The van der Waals surface area contributed by atoms with Crippen LogP contribution in [0.2, 0.25) is 0 Å². The largest absolute Gasteiger partial charge is 0.573 e. The molecule has 1 fully saturated rings. The number of pyridine rings is 1. The lowest BCUT2D eigenvalue weighted by Gasteiger charge is -2.25. The summed E-state index contributed by atoms with van der Waals surface area (Å²) in [6.45, 7) is 0.497. The summed E-state index contributed by atoms with van der Waals surface area (Å²) in [5, 5.41) is 8.00. The number of hydrogen-bond acceptors (Lipinski definition) is 6. The molecule has 7 nitrogen and oxygen atoms in total. The van der Waals surface area contributed by atoms with Crippen LogP contribution in [0.3, 0.4) is 0 Å². The summed E-state index contributed by atoms with van der Waals surface area (Å²) in [6, 6.07) is 6.32. The number of hydrogen-bond donors (Lipinski definition) is 1. The second kappa shape index (κ2) is 7.97. The van der Waals surface area contributed by atoms with Gasteiger partial charge in [0.1, 0.15) is 12.4 Å². The predicted molar refractivity (Wildman–Crippen MR) is 97.0 cm³/mol. The highest BCUT2D eigenvalue weighted by molar-refractivity contribution is 5.84. The predicted octanol–water partition coefficient (Wildman–Crippen LogP) is 3.61. The summed E-state index contributed by atoms with van der Waals surface area (Å²) in [6.07, 6.45) is -8.65. The van der Waals surface area contributed by atoms with Gasteiger partial charge in [-0.05, 0) is 30.3 Å². The van der Waals surface area contributed by atoms with Crippen molar-refractivity contribution in [3.05, 3.63) is 47.8 Å². The second-order valence-electron chi connectivity index (χ2n) is 6.94. The highest BCUT2D eigenvalue weighted by Gasteiger charge is 2.41. The van der Waals surface area contributed by atoms with E-state index >= 15 is 0 Å². The monoisotopic (exact) mass is 460 g/mol. The van der Waals surface area contributed by atoms with Crippen LogP contribution >= 0.6 is 0 Å². The molecule has 0 atom stereocenters.